The van der Waals surface area contributed by atoms with Gasteiger partial charge in [0.05, 0.1) is 0 Å². The van der Waals surface area contributed by atoms with Gasteiger partial charge >= 0.3 is 0 Å². The molecule has 0 nitrogen and oxygen atoms in total. The molecule has 1 aliphatic rings. The van der Waals surface area contributed by atoms with Crippen LogP contribution in [0.25, 0.3) is 0 Å². The van der Waals surface area contributed by atoms with Crippen molar-refractivity contribution in [3.63, 3.8) is 0 Å². The Morgan fingerprint density at radius 1 is 1.22 bits per heavy atom. The molecule has 1 aliphatic carbocycles. The first-order valence-electron chi connectivity index (χ1n) is 3.70. The molecule has 0 heterocycles. The minimum absolute atomic E-state index is 1.32. The van der Waals surface area contributed by atoms with Crippen molar-refractivity contribution in [2.45, 2.75) is 25.7 Å². The normalized spacial score (nSPS) is 17.3. The van der Waals surface area contributed by atoms with Crippen LogP contribution in [0.3, 0.4) is 0 Å². The first-order valence-corrected chi connectivity index (χ1v) is 3.70. The summed E-state index contributed by atoms with van der Waals surface area (Å²) >= 11 is 0. The van der Waals surface area contributed by atoms with Gasteiger partial charge in [0.2, 0.25) is 0 Å². The Balaban J connectivity index is 2.39. The van der Waals surface area contributed by atoms with Gasteiger partial charge in [-0.05, 0) is 0 Å². The average Bonchev–Trinajstić information content (AvgIpc) is 2.33. The van der Waals surface area contributed by atoms with Crippen LogP contribution in [-0.4, -0.2) is 0 Å². The van der Waals surface area contributed by atoms with E-state index in [1.807, 2.05) is 0 Å². The zero-order chi connectivity index (χ0) is 6.10. The number of hydrogen-bond donors (Lipinski definition) is 0. The van der Waals surface area contributed by atoms with Crippen LogP contribution in [-0.2, 0) is 12.8 Å². The zero-order valence-corrected chi connectivity index (χ0v) is 5.56. The van der Waals surface area contributed by atoms with Crippen LogP contribution in [0, 0.1) is 0 Å². The molecule has 0 bridgehead atoms. The number of fused-ring (bicyclic) bond motifs is 1. The highest BCUT2D eigenvalue weighted by atomic mass is 14.1. The molecule has 0 atom stereocenters. The lowest BCUT2D eigenvalue weighted by Gasteiger charge is -2.17. The van der Waals surface area contributed by atoms with Crippen molar-refractivity contribution in [2.75, 3.05) is 0 Å². The average molecular weight is 119 g/mol. The smallest absolute Gasteiger partial charge is 0.0512 e. The Bertz CT molecular complexity index is 175. The molecule has 0 aliphatic heterocycles. The first kappa shape index (κ1) is 5.16. The second kappa shape index (κ2) is 1.94. The number of rotatable bonds is 0. The van der Waals surface area contributed by atoms with Gasteiger partial charge in [0.25, 0.3) is 0 Å². The van der Waals surface area contributed by atoms with Gasteiger partial charge < -0.3 is 0 Å². The van der Waals surface area contributed by atoms with Crippen molar-refractivity contribution in [3.05, 3.63) is 29.3 Å². The highest BCUT2D eigenvalue weighted by Gasteiger charge is 1.99. The molecule has 0 N–H and O–H groups in total. The van der Waals surface area contributed by atoms with E-state index in [9.17, 15) is 0 Å². The lowest BCUT2D eigenvalue weighted by Crippen LogP contribution is -1.97. The Morgan fingerprint density at radius 2 is 2.11 bits per heavy atom. The topological polar surface area (TPSA) is 0 Å². The summed E-state index contributed by atoms with van der Waals surface area (Å²) < 4.78 is 0. The molecule has 0 heteroatoms. The maximum Gasteiger partial charge on any atom is -0.0512 e. The zero-order valence-electron chi connectivity index (χ0n) is 5.56. The van der Waals surface area contributed by atoms with E-state index < -0.39 is 0 Å². The summed E-state index contributed by atoms with van der Waals surface area (Å²) in [6, 6.07) is 6.69. The molecule has 0 saturated carbocycles. The van der Waals surface area contributed by atoms with E-state index in [0.717, 1.165) is 0 Å². The lowest BCUT2D eigenvalue weighted by molar-refractivity contribution is 0.690. The second-order valence-corrected chi connectivity index (χ2v) is 2.78. The van der Waals surface area contributed by atoms with Crippen LogP contribution >= 0.6 is 0 Å². The minimum atomic E-state index is 1.32. The van der Waals surface area contributed by atoms with Gasteiger partial charge in [-0.1, -0.05) is 25.7 Å². The van der Waals surface area contributed by atoms with E-state index in [2.05, 4.69) is 18.2 Å². The van der Waals surface area contributed by atoms with Gasteiger partial charge in [0.1, 0.15) is 0 Å². The molecule has 0 fully saturated rings. The molecule has 1 aromatic carbocycles. The summed E-state index contributed by atoms with van der Waals surface area (Å²) in [6.07, 6.45) is 5.44. The Hall–Kier alpha value is -0.650. The van der Waals surface area contributed by atoms with E-state index in [4.69, 9.17) is 0 Å². The predicted octanol–water partition coefficient (Wildman–Crippen LogP) is 2.28. The van der Waals surface area contributed by atoms with E-state index in [0.29, 0.717) is 0 Å². The molecule has 0 unspecified atom stereocenters. The maximum absolute atomic E-state index is 2.26. The fraction of sp³-hybridized carbons (Fsp3) is 0.444. The van der Waals surface area contributed by atoms with E-state index >= 15 is 0 Å². The van der Waals surface area contributed by atoms with Crippen molar-refractivity contribution in [3.8, 4) is 0 Å². The molecule has 0 amide bonds. The fourth-order valence-corrected chi connectivity index (χ4v) is 1.61. The summed E-state index contributed by atoms with van der Waals surface area (Å²) in [5.41, 5.74) is 3.20. The van der Waals surface area contributed by atoms with Gasteiger partial charge in [0, 0.05) is 0 Å². The third-order valence-corrected chi connectivity index (χ3v) is 2.15. The highest BCUT2D eigenvalue weighted by molar-refractivity contribution is 5.30. The molecule has 48 valence electrons. The van der Waals surface area contributed by atoms with E-state index in [1.165, 1.54) is 25.7 Å². The van der Waals surface area contributed by atoms with Gasteiger partial charge in [-0.15, -0.1) is 0 Å². The molecule has 2 rings (SSSR count). The van der Waals surface area contributed by atoms with E-state index in [1.54, 1.807) is 11.1 Å². The Morgan fingerprint density at radius 3 is 3.00 bits per heavy atom. The van der Waals surface area contributed by atoms with Crippen LogP contribution in [0.15, 0.2) is 18.2 Å². The molecule has 1 aromatic rings. The van der Waals surface area contributed by atoms with Gasteiger partial charge in [-0.2, -0.15) is 23.3 Å². The fourth-order valence-electron chi connectivity index (χ4n) is 1.61. The van der Waals surface area contributed by atoms with Gasteiger partial charge in [0.15, 0.2) is 0 Å². The molecule has 9 heavy (non-hydrogen) atoms. The van der Waals surface area contributed by atoms with Crippen LogP contribution in [0.5, 0.6) is 0 Å². The van der Waals surface area contributed by atoms with Crippen molar-refractivity contribution in [2.24, 2.45) is 0 Å². The summed E-state index contributed by atoms with van der Waals surface area (Å²) in [6.45, 7) is 0. The van der Waals surface area contributed by atoms with Gasteiger partial charge in [-0.3, -0.25) is 0 Å². The summed E-state index contributed by atoms with van der Waals surface area (Å²) in [5, 5.41) is 0. The largest absolute Gasteiger partial charge is 0.210 e. The quantitative estimate of drug-likeness (QED) is 0.460. The maximum atomic E-state index is 2.26. The minimum Gasteiger partial charge on any atom is -0.210 e. The summed E-state index contributed by atoms with van der Waals surface area (Å²) in [7, 11) is 0. The van der Waals surface area contributed by atoms with Crippen LogP contribution in [0.4, 0.5) is 0 Å². The van der Waals surface area contributed by atoms with Crippen molar-refractivity contribution in [1.82, 2.24) is 0 Å². The highest BCUT2D eigenvalue weighted by Crippen LogP contribution is 2.20. The van der Waals surface area contributed by atoms with Crippen LogP contribution in [0.1, 0.15) is 24.0 Å². The van der Waals surface area contributed by atoms with Crippen molar-refractivity contribution >= 4 is 0 Å². The third-order valence-electron chi connectivity index (χ3n) is 2.15. The standard InChI is InChI=1S/C9H11/c1-2-5-9-7-3-6-8(9)4-1/h3,6-7H,1-2,4-5H2/q-1. The van der Waals surface area contributed by atoms with E-state index in [-0.39, 0.29) is 0 Å². The third kappa shape index (κ3) is 0.787. The lowest BCUT2D eigenvalue weighted by atomic mass is 9.96. The molecular formula is C9H11-. The SMILES string of the molecule is c1cc2c([cH-]1)CCCC2. The molecule has 0 spiro atoms. The Kier molecular flexibility index (Phi) is 1.11. The molecule has 0 saturated heterocycles. The summed E-state index contributed by atoms with van der Waals surface area (Å²) in [4.78, 5) is 0. The van der Waals surface area contributed by atoms with Gasteiger partial charge in [-0.25, -0.2) is 6.07 Å². The predicted molar refractivity (Wildman–Crippen MR) is 38.7 cm³/mol. The van der Waals surface area contributed by atoms with Crippen molar-refractivity contribution in [1.29, 1.82) is 0 Å². The second-order valence-electron chi connectivity index (χ2n) is 2.78. The molecular weight excluding hydrogens is 108 g/mol. The van der Waals surface area contributed by atoms with Crippen LogP contribution in [0.2, 0.25) is 0 Å². The van der Waals surface area contributed by atoms with Crippen LogP contribution < -0.4 is 0 Å². The first-order chi connectivity index (χ1) is 4.47. The monoisotopic (exact) mass is 119 g/mol. The Labute approximate surface area is 55.9 Å². The number of aryl methyl sites for hydroxylation is 2. The number of hydrogen-bond acceptors (Lipinski definition) is 0. The summed E-state index contributed by atoms with van der Waals surface area (Å²) in [5.74, 6) is 0. The van der Waals surface area contributed by atoms with Crippen molar-refractivity contribution < 1.29 is 0 Å². The molecule has 0 aromatic heterocycles. The molecule has 0 radical (unpaired) electrons.